The van der Waals surface area contributed by atoms with Gasteiger partial charge in [0, 0.05) is 43.7 Å². The van der Waals surface area contributed by atoms with Crippen molar-refractivity contribution >= 4 is 0 Å². The Morgan fingerprint density at radius 3 is 2.24 bits per heavy atom. The molecule has 7 aliphatic heterocycles. The van der Waals surface area contributed by atoms with Crippen LogP contribution in [0.15, 0.2) is 24.0 Å². The van der Waals surface area contributed by atoms with Gasteiger partial charge < -0.3 is 28.4 Å². The first-order valence-electron chi connectivity index (χ1n) is 19.6. The summed E-state index contributed by atoms with van der Waals surface area (Å²) in [4.78, 5) is 14.3. The Morgan fingerprint density at radius 2 is 1.51 bits per heavy atom. The molecule has 2 aliphatic carbocycles. The van der Waals surface area contributed by atoms with Crippen molar-refractivity contribution in [1.82, 2.24) is 4.90 Å². The van der Waals surface area contributed by atoms with Crippen LogP contribution in [-0.4, -0.2) is 78.5 Å². The standard InChI is InChI=1S/C39H58F3NO8/c1-8-19-43(22-26-30-14-12-23(2)27-15-17-34(5)46-32(37(27,30)49-34)45-31(26)39(40,41)42)20-9-10-21-44-36(7)25(4)29-13-11-24(3)28-16-18-35(6)47-33(48-36)38(28,29)51-50-35/h8,23-25,27-30,32-33H,1,9-22H2,2-7H3/t23-,24-,25-,27?,28?,29+,30+,32-,33+,34+,35+,36+,37-,38-/m1/s1. The predicted molar refractivity (Wildman–Crippen MR) is 179 cm³/mol. The third-order valence-corrected chi connectivity index (χ3v) is 14.5. The Balaban J connectivity index is 0.945. The van der Waals surface area contributed by atoms with E-state index in [1.165, 1.54) is 0 Å². The highest BCUT2D eigenvalue weighted by Gasteiger charge is 2.73. The fraction of sp³-hybridized carbons (Fsp3) is 0.897. The van der Waals surface area contributed by atoms with Gasteiger partial charge in [-0.3, -0.25) is 4.90 Å². The van der Waals surface area contributed by atoms with Crippen LogP contribution in [0.5, 0.6) is 0 Å². The maximum absolute atomic E-state index is 14.7. The summed E-state index contributed by atoms with van der Waals surface area (Å²) in [6, 6.07) is 0. The molecule has 0 amide bonds. The number of hydrogen-bond donors (Lipinski definition) is 0. The van der Waals surface area contributed by atoms with Crippen LogP contribution in [0.3, 0.4) is 0 Å². The maximum atomic E-state index is 14.7. The molecule has 8 fully saturated rings. The van der Waals surface area contributed by atoms with Crippen LogP contribution in [0, 0.1) is 41.4 Å². The Labute approximate surface area is 300 Å². The molecule has 2 spiro atoms. The lowest BCUT2D eigenvalue weighted by atomic mass is 9.57. The SMILES string of the molecule is C=CCN(CCCCO[C@@]1(C)O[C@@H]2O[C@]3(C)CCC4[C@H](C)CC[C@@H]([C@H]1C)[C@]42OO3)CC1=C(C(F)(F)F)O[C@@H]2O[C@]3(C)CCC4[C@H](C)CC[C@@H]1[C@]42O3. The number of fused-ring (bicyclic) bond motifs is 3. The Hall–Kier alpha value is -1.25. The molecule has 7 heterocycles. The van der Waals surface area contributed by atoms with Crippen molar-refractivity contribution in [2.75, 3.05) is 26.2 Å². The average Bonchev–Trinajstić information content (AvgIpc) is 3.13. The third kappa shape index (κ3) is 5.70. The highest BCUT2D eigenvalue weighted by molar-refractivity contribution is 5.30. The van der Waals surface area contributed by atoms with Gasteiger partial charge >= 0.3 is 6.18 Å². The number of alkyl halides is 3. The highest BCUT2D eigenvalue weighted by atomic mass is 19.4. The summed E-state index contributed by atoms with van der Waals surface area (Å²) in [6.07, 6.45) is 3.69. The molecule has 4 bridgehead atoms. The topological polar surface area (TPSA) is 77.1 Å². The lowest BCUT2D eigenvalue weighted by molar-refractivity contribution is -0.585. The summed E-state index contributed by atoms with van der Waals surface area (Å²) in [5.74, 6) is -2.67. The first-order valence-corrected chi connectivity index (χ1v) is 19.6. The molecule has 2 unspecified atom stereocenters. The van der Waals surface area contributed by atoms with Crippen molar-refractivity contribution < 1.29 is 51.4 Å². The normalized spacial score (nSPS) is 50.0. The number of unbranched alkanes of at least 4 members (excludes halogenated alkanes) is 1. The molecule has 12 heteroatoms. The first kappa shape index (κ1) is 36.7. The number of ether oxygens (including phenoxy) is 6. The molecule has 288 valence electrons. The van der Waals surface area contributed by atoms with E-state index in [4.69, 9.17) is 38.2 Å². The van der Waals surface area contributed by atoms with E-state index in [0.29, 0.717) is 50.8 Å². The number of halogens is 3. The zero-order chi connectivity index (χ0) is 36.2. The van der Waals surface area contributed by atoms with Crippen molar-refractivity contribution in [3.05, 3.63) is 24.0 Å². The minimum Gasteiger partial charge on any atom is -0.456 e. The van der Waals surface area contributed by atoms with Gasteiger partial charge in [0.15, 0.2) is 23.5 Å². The lowest BCUT2D eigenvalue weighted by Crippen LogP contribution is -2.72. The summed E-state index contributed by atoms with van der Waals surface area (Å²) in [5.41, 5.74) is -1.28. The van der Waals surface area contributed by atoms with Gasteiger partial charge in [-0.15, -0.1) is 6.58 Å². The van der Waals surface area contributed by atoms with Gasteiger partial charge in [0.05, 0.1) is 6.61 Å². The van der Waals surface area contributed by atoms with Crippen LogP contribution in [0.25, 0.3) is 0 Å². The molecular formula is C39H58F3NO8. The Kier molecular flexibility index (Phi) is 9.10. The lowest BCUT2D eigenvalue weighted by Gasteiger charge is -2.62. The minimum absolute atomic E-state index is 0.0309. The quantitative estimate of drug-likeness (QED) is 0.127. The molecule has 6 saturated heterocycles. The van der Waals surface area contributed by atoms with Crippen molar-refractivity contribution in [2.45, 2.75) is 153 Å². The van der Waals surface area contributed by atoms with Crippen LogP contribution in [0.4, 0.5) is 13.2 Å². The summed E-state index contributed by atoms with van der Waals surface area (Å²) in [7, 11) is 0. The van der Waals surface area contributed by atoms with E-state index in [1.807, 2.05) is 25.7 Å². The third-order valence-electron chi connectivity index (χ3n) is 14.5. The molecule has 9 aliphatic rings. The molecule has 51 heavy (non-hydrogen) atoms. The molecule has 0 N–H and O–H groups in total. The van der Waals surface area contributed by atoms with Crippen LogP contribution in [0.2, 0.25) is 0 Å². The Bertz CT molecular complexity index is 1400. The predicted octanol–water partition coefficient (Wildman–Crippen LogP) is 8.00. The molecule has 0 aromatic carbocycles. The molecule has 0 aromatic heterocycles. The number of nitrogens with zero attached hydrogens (tertiary/aromatic N) is 1. The second-order valence-corrected chi connectivity index (χ2v) is 17.7. The minimum atomic E-state index is -4.64. The van der Waals surface area contributed by atoms with Crippen molar-refractivity contribution in [2.24, 2.45) is 41.4 Å². The number of rotatable bonds is 10. The van der Waals surface area contributed by atoms with Crippen molar-refractivity contribution in [3.63, 3.8) is 0 Å². The maximum Gasteiger partial charge on any atom is 0.449 e. The Morgan fingerprint density at radius 1 is 0.824 bits per heavy atom. The van der Waals surface area contributed by atoms with Crippen LogP contribution >= 0.6 is 0 Å². The van der Waals surface area contributed by atoms with E-state index >= 15 is 0 Å². The van der Waals surface area contributed by atoms with E-state index in [0.717, 1.165) is 44.9 Å². The fourth-order valence-corrected chi connectivity index (χ4v) is 11.8. The molecule has 0 radical (unpaired) electrons. The van der Waals surface area contributed by atoms with Gasteiger partial charge in [-0.1, -0.05) is 26.8 Å². The summed E-state index contributed by atoms with van der Waals surface area (Å²) in [5, 5.41) is 0. The van der Waals surface area contributed by atoms with Gasteiger partial charge in [0.25, 0.3) is 0 Å². The van der Waals surface area contributed by atoms with Crippen LogP contribution in [-0.2, 0) is 38.2 Å². The second kappa shape index (κ2) is 12.6. The van der Waals surface area contributed by atoms with E-state index in [1.54, 1.807) is 6.08 Å². The number of allylic oxidation sites excluding steroid dienone is 1. The largest absolute Gasteiger partial charge is 0.456 e. The zero-order valence-corrected chi connectivity index (χ0v) is 31.2. The van der Waals surface area contributed by atoms with Gasteiger partial charge in [-0.05, 0) is 108 Å². The fourth-order valence-electron chi connectivity index (χ4n) is 11.8. The van der Waals surface area contributed by atoms with Gasteiger partial charge in [-0.2, -0.15) is 13.2 Å². The van der Waals surface area contributed by atoms with Gasteiger partial charge in [0.1, 0.15) is 5.60 Å². The molecule has 14 atom stereocenters. The first-order chi connectivity index (χ1) is 24.1. The van der Waals surface area contributed by atoms with Gasteiger partial charge in [-0.25, -0.2) is 9.78 Å². The van der Waals surface area contributed by atoms with Crippen molar-refractivity contribution in [3.8, 4) is 0 Å². The number of hydrogen-bond acceptors (Lipinski definition) is 9. The van der Waals surface area contributed by atoms with Crippen molar-refractivity contribution in [1.29, 1.82) is 0 Å². The van der Waals surface area contributed by atoms with Crippen LogP contribution < -0.4 is 0 Å². The average molecular weight is 726 g/mol. The molecule has 9 nitrogen and oxygen atoms in total. The highest BCUT2D eigenvalue weighted by Crippen LogP contribution is 2.65. The van der Waals surface area contributed by atoms with E-state index < -0.39 is 59.0 Å². The smallest absolute Gasteiger partial charge is 0.449 e. The van der Waals surface area contributed by atoms with E-state index in [2.05, 4.69) is 27.4 Å². The van der Waals surface area contributed by atoms with E-state index in [-0.39, 0.29) is 35.8 Å². The van der Waals surface area contributed by atoms with E-state index in [9.17, 15) is 13.2 Å². The zero-order valence-electron chi connectivity index (χ0n) is 31.2. The molecule has 9 rings (SSSR count). The molecular weight excluding hydrogens is 667 g/mol. The summed E-state index contributed by atoms with van der Waals surface area (Å²) >= 11 is 0. The second-order valence-electron chi connectivity index (χ2n) is 17.7. The summed E-state index contributed by atoms with van der Waals surface area (Å²) in [6.45, 7) is 18.0. The molecule has 0 aromatic rings. The summed E-state index contributed by atoms with van der Waals surface area (Å²) < 4.78 is 82.8. The van der Waals surface area contributed by atoms with Gasteiger partial charge in [0.2, 0.25) is 17.8 Å². The van der Waals surface area contributed by atoms with Crippen LogP contribution in [0.1, 0.15) is 106 Å². The molecule has 2 saturated carbocycles. The monoisotopic (exact) mass is 725 g/mol.